The number of esters is 1. The minimum absolute atomic E-state index is 0.170. The van der Waals surface area contributed by atoms with Gasteiger partial charge in [-0.15, -0.1) is 11.3 Å². The molecule has 0 saturated heterocycles. The van der Waals surface area contributed by atoms with E-state index in [1.54, 1.807) is 17.5 Å². The molecule has 8 nitrogen and oxygen atoms in total. The van der Waals surface area contributed by atoms with Crippen molar-refractivity contribution in [2.45, 2.75) is 13.0 Å². The van der Waals surface area contributed by atoms with Crippen molar-refractivity contribution in [2.75, 3.05) is 11.9 Å². The summed E-state index contributed by atoms with van der Waals surface area (Å²) in [4.78, 5) is 47.0. The number of carbonyl (C=O) groups is 4. The van der Waals surface area contributed by atoms with E-state index in [2.05, 4.69) is 10.6 Å². The van der Waals surface area contributed by atoms with Crippen molar-refractivity contribution >= 4 is 51.6 Å². The molecule has 27 heavy (non-hydrogen) atoms. The lowest BCUT2D eigenvalue weighted by Crippen LogP contribution is -2.40. The Kier molecular flexibility index (Phi) is 6.91. The fraction of sp³-hybridized carbons (Fsp3) is 0.176. The molecule has 4 N–H and O–H groups in total. The van der Waals surface area contributed by atoms with Crippen LogP contribution in [-0.2, 0) is 14.3 Å². The first-order valence-corrected chi connectivity index (χ1v) is 8.94. The number of hydrogen-bond acceptors (Lipinski definition) is 6. The zero-order valence-electron chi connectivity index (χ0n) is 14.2. The van der Waals surface area contributed by atoms with Gasteiger partial charge in [0.15, 0.2) is 6.61 Å². The van der Waals surface area contributed by atoms with E-state index in [0.717, 1.165) is 11.3 Å². The van der Waals surface area contributed by atoms with E-state index in [9.17, 15) is 19.2 Å². The highest BCUT2D eigenvalue weighted by atomic mass is 35.5. The van der Waals surface area contributed by atoms with E-state index in [1.165, 1.54) is 25.1 Å². The van der Waals surface area contributed by atoms with Crippen LogP contribution >= 0.6 is 22.9 Å². The lowest BCUT2D eigenvalue weighted by atomic mass is 10.2. The molecule has 0 bridgehead atoms. The summed E-state index contributed by atoms with van der Waals surface area (Å²) in [5.74, 6) is -2.58. The Morgan fingerprint density at radius 2 is 1.85 bits per heavy atom. The van der Waals surface area contributed by atoms with Crippen molar-refractivity contribution in [2.24, 2.45) is 5.73 Å². The average Bonchev–Trinajstić information content (AvgIpc) is 3.08. The SMILES string of the molecule is C[C@H](NC(=O)c1ccc(Cl)cc1)C(=O)OCC(=O)Nc1sccc1C(N)=O. The van der Waals surface area contributed by atoms with Gasteiger partial charge in [-0.1, -0.05) is 11.6 Å². The third-order valence-electron chi connectivity index (χ3n) is 3.34. The third-order valence-corrected chi connectivity index (χ3v) is 4.42. The summed E-state index contributed by atoms with van der Waals surface area (Å²) < 4.78 is 4.87. The molecule has 1 aromatic heterocycles. The number of carbonyl (C=O) groups excluding carboxylic acids is 4. The summed E-state index contributed by atoms with van der Waals surface area (Å²) in [5, 5.41) is 7.25. The van der Waals surface area contributed by atoms with Crippen molar-refractivity contribution in [3.8, 4) is 0 Å². The number of thiophene rings is 1. The molecule has 0 fully saturated rings. The number of hydrogen-bond donors (Lipinski definition) is 3. The molecule has 0 saturated carbocycles. The molecule has 0 radical (unpaired) electrons. The van der Waals surface area contributed by atoms with Crippen LogP contribution in [0.5, 0.6) is 0 Å². The summed E-state index contributed by atoms with van der Waals surface area (Å²) in [6.45, 7) is 0.856. The van der Waals surface area contributed by atoms with Crippen molar-refractivity contribution in [3.05, 3.63) is 51.9 Å². The number of anilines is 1. The van der Waals surface area contributed by atoms with Gasteiger partial charge in [0.25, 0.3) is 17.7 Å². The smallest absolute Gasteiger partial charge is 0.328 e. The highest BCUT2D eigenvalue weighted by Gasteiger charge is 2.20. The van der Waals surface area contributed by atoms with Crippen LogP contribution in [0, 0.1) is 0 Å². The fourth-order valence-corrected chi connectivity index (χ4v) is 2.90. The molecule has 0 spiro atoms. The van der Waals surface area contributed by atoms with E-state index in [4.69, 9.17) is 22.1 Å². The van der Waals surface area contributed by atoms with Crippen molar-refractivity contribution < 1.29 is 23.9 Å². The van der Waals surface area contributed by atoms with Crippen molar-refractivity contribution in [3.63, 3.8) is 0 Å². The van der Waals surface area contributed by atoms with Crippen molar-refractivity contribution in [1.82, 2.24) is 5.32 Å². The van der Waals surface area contributed by atoms with E-state index in [0.29, 0.717) is 10.6 Å². The molecular formula is C17H16ClN3O5S. The highest BCUT2D eigenvalue weighted by Crippen LogP contribution is 2.22. The fourth-order valence-electron chi connectivity index (χ4n) is 1.96. The standard InChI is InChI=1S/C17H16ClN3O5S/c1-9(20-15(24)10-2-4-11(18)5-3-10)17(25)26-8-13(22)21-16-12(14(19)23)6-7-27-16/h2-7,9H,8H2,1H3,(H2,19,23)(H,20,24)(H,21,22)/t9-/m0/s1. The van der Waals surface area contributed by atoms with Gasteiger partial charge in [-0.05, 0) is 42.6 Å². The summed E-state index contributed by atoms with van der Waals surface area (Å²) in [6, 6.07) is 6.64. The monoisotopic (exact) mass is 409 g/mol. The van der Waals surface area contributed by atoms with Crippen LogP contribution in [0.3, 0.4) is 0 Å². The molecule has 1 aromatic carbocycles. The molecule has 1 heterocycles. The van der Waals surface area contributed by atoms with Crippen LogP contribution in [0.1, 0.15) is 27.6 Å². The van der Waals surface area contributed by atoms with E-state index < -0.39 is 36.3 Å². The lowest BCUT2D eigenvalue weighted by molar-refractivity contribution is -0.148. The Morgan fingerprint density at radius 3 is 2.48 bits per heavy atom. The van der Waals surface area contributed by atoms with Crippen LogP contribution < -0.4 is 16.4 Å². The minimum atomic E-state index is -0.969. The van der Waals surface area contributed by atoms with E-state index in [-0.39, 0.29) is 10.6 Å². The predicted octanol–water partition coefficient (Wildman–Crippen LogP) is 1.80. The maximum absolute atomic E-state index is 12.0. The second kappa shape index (κ2) is 9.15. The number of primary amides is 1. The second-order valence-electron chi connectivity index (χ2n) is 5.39. The van der Waals surface area contributed by atoms with E-state index >= 15 is 0 Å². The maximum atomic E-state index is 12.0. The van der Waals surface area contributed by atoms with Gasteiger partial charge in [-0.2, -0.15) is 0 Å². The zero-order chi connectivity index (χ0) is 20.0. The Balaban J connectivity index is 1.82. The molecule has 2 rings (SSSR count). The third kappa shape index (κ3) is 5.80. The molecule has 1 atom stereocenters. The molecule has 0 unspecified atom stereocenters. The van der Waals surface area contributed by atoms with Crippen LogP contribution in [0.2, 0.25) is 5.02 Å². The van der Waals surface area contributed by atoms with Crippen molar-refractivity contribution in [1.29, 1.82) is 0 Å². The van der Waals surface area contributed by atoms with Gasteiger partial charge >= 0.3 is 5.97 Å². The normalized spacial score (nSPS) is 11.3. The van der Waals surface area contributed by atoms with Crippen LogP contribution in [0.4, 0.5) is 5.00 Å². The maximum Gasteiger partial charge on any atom is 0.328 e. The summed E-state index contributed by atoms with van der Waals surface area (Å²) in [5.41, 5.74) is 5.68. The largest absolute Gasteiger partial charge is 0.454 e. The van der Waals surface area contributed by atoms with Gasteiger partial charge < -0.3 is 21.1 Å². The molecule has 10 heteroatoms. The second-order valence-corrected chi connectivity index (χ2v) is 6.74. The quantitative estimate of drug-likeness (QED) is 0.601. The average molecular weight is 410 g/mol. The number of nitrogens with two attached hydrogens (primary N) is 1. The predicted molar refractivity (Wildman–Crippen MR) is 101 cm³/mol. The molecule has 3 amide bonds. The topological polar surface area (TPSA) is 128 Å². The molecule has 0 aliphatic carbocycles. The Hall–Kier alpha value is -2.91. The van der Waals surface area contributed by atoms with Gasteiger partial charge in [0, 0.05) is 10.6 Å². The number of nitrogens with one attached hydrogen (secondary N) is 2. The molecule has 142 valence electrons. The van der Waals surface area contributed by atoms with Crippen LogP contribution in [0.25, 0.3) is 0 Å². The first-order valence-electron chi connectivity index (χ1n) is 7.68. The molecular weight excluding hydrogens is 394 g/mol. The Bertz CT molecular complexity index is 866. The zero-order valence-corrected chi connectivity index (χ0v) is 15.7. The molecule has 0 aliphatic rings. The highest BCUT2D eigenvalue weighted by molar-refractivity contribution is 7.14. The van der Waals surface area contributed by atoms with Gasteiger partial charge in [0.1, 0.15) is 11.0 Å². The molecule has 0 aliphatic heterocycles. The van der Waals surface area contributed by atoms with Crippen LogP contribution in [0.15, 0.2) is 35.7 Å². The first-order chi connectivity index (χ1) is 12.8. The lowest BCUT2D eigenvalue weighted by Gasteiger charge is -2.13. The Labute approximate surface area is 163 Å². The number of benzene rings is 1. The number of amides is 3. The summed E-state index contributed by atoms with van der Waals surface area (Å²) >= 11 is 6.87. The van der Waals surface area contributed by atoms with Gasteiger partial charge in [0.05, 0.1) is 5.56 Å². The van der Waals surface area contributed by atoms with E-state index in [1.807, 2.05) is 0 Å². The number of rotatable bonds is 7. The first kappa shape index (κ1) is 20.4. The number of ether oxygens (including phenoxy) is 1. The summed E-state index contributed by atoms with van der Waals surface area (Å²) in [6.07, 6.45) is 0. The number of halogens is 1. The Morgan fingerprint density at radius 1 is 1.19 bits per heavy atom. The summed E-state index contributed by atoms with van der Waals surface area (Å²) in [7, 11) is 0. The van der Waals surface area contributed by atoms with Gasteiger partial charge in [0.2, 0.25) is 0 Å². The molecule has 2 aromatic rings. The minimum Gasteiger partial charge on any atom is -0.454 e. The van der Waals surface area contributed by atoms with Crippen LogP contribution in [-0.4, -0.2) is 36.3 Å². The van der Waals surface area contributed by atoms with Gasteiger partial charge in [-0.25, -0.2) is 4.79 Å². The van der Waals surface area contributed by atoms with Gasteiger partial charge in [-0.3, -0.25) is 14.4 Å².